The molecule has 1 aliphatic heterocycles. The van der Waals surface area contributed by atoms with Crippen LogP contribution in [-0.4, -0.2) is 7.05 Å². The standard InChI is InChI=1S/C17H17BrFNO/c1-20-17(6-11-4-15(18)8-16(19)5-11)12-2-3-13-9-21-10-14(13)7-12/h2-5,7-8,17,20H,6,9-10H2,1H3. The molecule has 3 rings (SSSR count). The Morgan fingerprint density at radius 1 is 1.19 bits per heavy atom. The first-order chi connectivity index (χ1) is 10.2. The Labute approximate surface area is 132 Å². The first-order valence-corrected chi connectivity index (χ1v) is 7.76. The van der Waals surface area contributed by atoms with Crippen molar-refractivity contribution < 1.29 is 9.13 Å². The highest BCUT2D eigenvalue weighted by Gasteiger charge is 2.16. The normalized spacial score (nSPS) is 15.0. The van der Waals surface area contributed by atoms with Gasteiger partial charge in [0.05, 0.1) is 13.2 Å². The molecular formula is C17H17BrFNO. The maximum absolute atomic E-state index is 13.5. The van der Waals surface area contributed by atoms with Crippen molar-refractivity contribution in [2.24, 2.45) is 0 Å². The SMILES string of the molecule is CNC(Cc1cc(F)cc(Br)c1)c1ccc2c(c1)COC2. The summed E-state index contributed by atoms with van der Waals surface area (Å²) in [6, 6.07) is 11.6. The minimum Gasteiger partial charge on any atom is -0.372 e. The molecule has 1 heterocycles. The predicted octanol–water partition coefficient (Wildman–Crippen LogP) is 4.12. The van der Waals surface area contributed by atoms with Gasteiger partial charge in [-0.1, -0.05) is 34.1 Å². The van der Waals surface area contributed by atoms with E-state index in [1.807, 2.05) is 13.1 Å². The van der Waals surface area contributed by atoms with Gasteiger partial charge >= 0.3 is 0 Å². The Bertz CT molecular complexity index is 639. The van der Waals surface area contributed by atoms with Gasteiger partial charge in [-0.05, 0) is 53.9 Å². The number of rotatable bonds is 4. The molecule has 0 radical (unpaired) electrons. The van der Waals surface area contributed by atoms with Crippen LogP contribution in [-0.2, 0) is 24.4 Å². The Balaban J connectivity index is 1.84. The molecule has 110 valence electrons. The van der Waals surface area contributed by atoms with E-state index in [1.165, 1.54) is 22.8 Å². The van der Waals surface area contributed by atoms with Gasteiger partial charge in [0.25, 0.3) is 0 Å². The molecule has 0 amide bonds. The molecule has 2 aromatic rings. The van der Waals surface area contributed by atoms with Crippen LogP contribution >= 0.6 is 15.9 Å². The van der Waals surface area contributed by atoms with E-state index in [9.17, 15) is 4.39 Å². The molecule has 0 bridgehead atoms. The Hall–Kier alpha value is -1.23. The van der Waals surface area contributed by atoms with Crippen molar-refractivity contribution in [3.63, 3.8) is 0 Å². The largest absolute Gasteiger partial charge is 0.372 e. The third-order valence-electron chi connectivity index (χ3n) is 3.86. The average Bonchev–Trinajstić information content (AvgIpc) is 2.91. The zero-order chi connectivity index (χ0) is 14.8. The van der Waals surface area contributed by atoms with E-state index in [2.05, 4.69) is 39.4 Å². The minimum absolute atomic E-state index is 0.157. The summed E-state index contributed by atoms with van der Waals surface area (Å²) in [5.41, 5.74) is 4.70. The van der Waals surface area contributed by atoms with Crippen molar-refractivity contribution in [1.29, 1.82) is 0 Å². The molecule has 2 nitrogen and oxygen atoms in total. The van der Waals surface area contributed by atoms with Gasteiger partial charge in [-0.2, -0.15) is 0 Å². The molecule has 0 saturated carbocycles. The van der Waals surface area contributed by atoms with Crippen LogP contribution in [0.4, 0.5) is 4.39 Å². The second-order valence-electron chi connectivity index (χ2n) is 5.34. The maximum Gasteiger partial charge on any atom is 0.124 e. The van der Waals surface area contributed by atoms with E-state index in [-0.39, 0.29) is 11.9 Å². The second kappa shape index (κ2) is 6.26. The molecule has 2 aromatic carbocycles. The van der Waals surface area contributed by atoms with Crippen LogP contribution in [0.15, 0.2) is 40.9 Å². The minimum atomic E-state index is -0.211. The highest BCUT2D eigenvalue weighted by molar-refractivity contribution is 9.10. The Morgan fingerprint density at radius 2 is 2.00 bits per heavy atom. The number of ether oxygens (including phenoxy) is 1. The lowest BCUT2D eigenvalue weighted by Crippen LogP contribution is -2.19. The lowest BCUT2D eigenvalue weighted by molar-refractivity contribution is 0.134. The summed E-state index contributed by atoms with van der Waals surface area (Å²) in [4.78, 5) is 0. The second-order valence-corrected chi connectivity index (χ2v) is 6.26. The van der Waals surface area contributed by atoms with Crippen molar-refractivity contribution in [2.45, 2.75) is 25.7 Å². The van der Waals surface area contributed by atoms with Crippen molar-refractivity contribution in [3.8, 4) is 0 Å². The summed E-state index contributed by atoms with van der Waals surface area (Å²) in [6.07, 6.45) is 0.743. The summed E-state index contributed by atoms with van der Waals surface area (Å²) < 4.78 is 19.7. The highest BCUT2D eigenvalue weighted by atomic mass is 79.9. The third kappa shape index (κ3) is 3.34. The molecule has 0 fully saturated rings. The van der Waals surface area contributed by atoms with Crippen LogP contribution in [0.25, 0.3) is 0 Å². The zero-order valence-electron chi connectivity index (χ0n) is 11.8. The lowest BCUT2D eigenvalue weighted by atomic mass is 9.96. The van der Waals surface area contributed by atoms with Gasteiger partial charge in [0.2, 0.25) is 0 Å². The predicted molar refractivity (Wildman–Crippen MR) is 84.5 cm³/mol. The number of hydrogen-bond acceptors (Lipinski definition) is 2. The number of nitrogens with one attached hydrogen (secondary N) is 1. The lowest BCUT2D eigenvalue weighted by Gasteiger charge is -2.18. The molecule has 1 unspecified atom stereocenters. The summed E-state index contributed by atoms with van der Waals surface area (Å²) >= 11 is 3.34. The van der Waals surface area contributed by atoms with Gasteiger partial charge in [-0.15, -0.1) is 0 Å². The number of benzene rings is 2. The molecule has 0 saturated heterocycles. The van der Waals surface area contributed by atoms with Crippen LogP contribution < -0.4 is 5.32 Å². The van der Waals surface area contributed by atoms with Gasteiger partial charge < -0.3 is 10.1 Å². The van der Waals surface area contributed by atoms with E-state index in [1.54, 1.807) is 6.07 Å². The molecule has 4 heteroatoms. The van der Waals surface area contributed by atoms with Crippen molar-refractivity contribution in [2.75, 3.05) is 7.05 Å². The topological polar surface area (TPSA) is 21.3 Å². The Kier molecular flexibility index (Phi) is 4.38. The Morgan fingerprint density at radius 3 is 2.76 bits per heavy atom. The first-order valence-electron chi connectivity index (χ1n) is 6.97. The molecule has 1 atom stereocenters. The number of halogens is 2. The molecule has 21 heavy (non-hydrogen) atoms. The average molecular weight is 350 g/mol. The highest BCUT2D eigenvalue weighted by Crippen LogP contribution is 2.26. The quantitative estimate of drug-likeness (QED) is 0.896. The molecule has 0 spiro atoms. The van der Waals surface area contributed by atoms with E-state index >= 15 is 0 Å². The molecule has 0 aromatic heterocycles. The van der Waals surface area contributed by atoms with Crippen molar-refractivity contribution in [1.82, 2.24) is 5.32 Å². The smallest absolute Gasteiger partial charge is 0.124 e. The molecular weight excluding hydrogens is 333 g/mol. The van der Waals surface area contributed by atoms with E-state index < -0.39 is 0 Å². The van der Waals surface area contributed by atoms with Gasteiger partial charge in [-0.25, -0.2) is 4.39 Å². The van der Waals surface area contributed by atoms with Crippen LogP contribution in [0.1, 0.15) is 28.3 Å². The summed E-state index contributed by atoms with van der Waals surface area (Å²) in [7, 11) is 1.93. The van der Waals surface area contributed by atoms with Crippen LogP contribution in [0.2, 0.25) is 0 Å². The number of hydrogen-bond donors (Lipinski definition) is 1. The van der Waals surface area contributed by atoms with E-state index in [0.29, 0.717) is 13.2 Å². The van der Waals surface area contributed by atoms with Crippen molar-refractivity contribution >= 4 is 15.9 Å². The first kappa shape index (κ1) is 14.7. The fraction of sp³-hybridized carbons (Fsp3) is 0.294. The number of fused-ring (bicyclic) bond motifs is 1. The van der Waals surface area contributed by atoms with E-state index in [0.717, 1.165) is 16.5 Å². The maximum atomic E-state index is 13.5. The fourth-order valence-electron chi connectivity index (χ4n) is 2.76. The van der Waals surface area contributed by atoms with Gasteiger partial charge in [0.1, 0.15) is 5.82 Å². The van der Waals surface area contributed by atoms with Crippen LogP contribution in [0.3, 0.4) is 0 Å². The van der Waals surface area contributed by atoms with Gasteiger partial charge in [0, 0.05) is 10.5 Å². The zero-order valence-corrected chi connectivity index (χ0v) is 13.4. The monoisotopic (exact) mass is 349 g/mol. The molecule has 1 aliphatic rings. The number of likely N-dealkylation sites (N-methyl/N-ethyl adjacent to an activating group) is 1. The van der Waals surface area contributed by atoms with Gasteiger partial charge in [-0.3, -0.25) is 0 Å². The summed E-state index contributed by atoms with van der Waals surface area (Å²) in [6.45, 7) is 1.39. The third-order valence-corrected chi connectivity index (χ3v) is 4.32. The summed E-state index contributed by atoms with van der Waals surface area (Å²) in [5, 5.41) is 3.32. The van der Waals surface area contributed by atoms with Gasteiger partial charge in [0.15, 0.2) is 0 Å². The molecule has 1 N–H and O–H groups in total. The fourth-order valence-corrected chi connectivity index (χ4v) is 3.27. The summed E-state index contributed by atoms with van der Waals surface area (Å²) in [5.74, 6) is -0.211. The van der Waals surface area contributed by atoms with Crippen LogP contribution in [0, 0.1) is 5.82 Å². The van der Waals surface area contributed by atoms with Crippen molar-refractivity contribution in [3.05, 3.63) is 68.9 Å². The molecule has 0 aliphatic carbocycles. The van der Waals surface area contributed by atoms with Crippen LogP contribution in [0.5, 0.6) is 0 Å². The van der Waals surface area contributed by atoms with E-state index in [4.69, 9.17) is 4.74 Å².